The van der Waals surface area contributed by atoms with Gasteiger partial charge in [-0.25, -0.2) is 0 Å². The molecule has 0 radical (unpaired) electrons. The number of hydrogen-bond acceptors (Lipinski definition) is 8. The summed E-state index contributed by atoms with van der Waals surface area (Å²) in [6.07, 6.45) is 2.16. The lowest BCUT2D eigenvalue weighted by Crippen LogP contribution is -2.22. The standard InChI is InChI=1S/C15H15N7O3S2/c1-4-5-20-12(23)10-9(6-8(2)26-10)21-14(20)17-18-15(21)27-13-11(22(24)25)16-7-19(13)3/h6-7H,4-5H2,1-3H3. The zero-order chi connectivity index (χ0) is 19.3. The van der Waals surface area contributed by atoms with Crippen LogP contribution in [0, 0.1) is 17.0 Å². The van der Waals surface area contributed by atoms with E-state index in [1.165, 1.54) is 17.7 Å². The minimum Gasteiger partial charge on any atom is -0.358 e. The van der Waals surface area contributed by atoms with Crippen LogP contribution in [0.4, 0.5) is 5.82 Å². The van der Waals surface area contributed by atoms with E-state index in [1.54, 1.807) is 20.6 Å². The normalized spacial score (nSPS) is 11.7. The number of thiophene rings is 1. The van der Waals surface area contributed by atoms with E-state index in [1.807, 2.05) is 19.9 Å². The molecule has 0 amide bonds. The van der Waals surface area contributed by atoms with Crippen LogP contribution in [-0.4, -0.2) is 33.6 Å². The second-order valence-electron chi connectivity index (χ2n) is 5.99. The molecule has 27 heavy (non-hydrogen) atoms. The molecule has 140 valence electrons. The van der Waals surface area contributed by atoms with Crippen LogP contribution in [0.1, 0.15) is 18.2 Å². The van der Waals surface area contributed by atoms with Gasteiger partial charge in [0, 0.05) is 18.5 Å². The summed E-state index contributed by atoms with van der Waals surface area (Å²) < 4.78 is 5.58. The van der Waals surface area contributed by atoms with Gasteiger partial charge in [-0.3, -0.25) is 13.8 Å². The largest absolute Gasteiger partial charge is 0.396 e. The minimum atomic E-state index is -0.525. The highest BCUT2D eigenvalue weighted by Gasteiger charge is 2.25. The Morgan fingerprint density at radius 1 is 1.37 bits per heavy atom. The molecule has 0 bridgehead atoms. The van der Waals surface area contributed by atoms with Gasteiger partial charge in [-0.15, -0.1) is 21.5 Å². The Balaban J connectivity index is 2.00. The number of imidazole rings is 1. The third-order valence-corrected chi connectivity index (χ3v) is 6.19. The molecule has 0 saturated heterocycles. The Hall–Kier alpha value is -2.73. The van der Waals surface area contributed by atoms with Gasteiger partial charge >= 0.3 is 5.82 Å². The van der Waals surface area contributed by atoms with Crippen LogP contribution < -0.4 is 5.56 Å². The maximum atomic E-state index is 12.9. The van der Waals surface area contributed by atoms with Crippen molar-refractivity contribution in [3.63, 3.8) is 0 Å². The summed E-state index contributed by atoms with van der Waals surface area (Å²) in [5, 5.41) is 20.5. The molecule has 0 saturated carbocycles. The quantitative estimate of drug-likeness (QED) is 0.370. The van der Waals surface area contributed by atoms with E-state index >= 15 is 0 Å². The molecular weight excluding hydrogens is 390 g/mol. The topological polar surface area (TPSA) is 113 Å². The van der Waals surface area contributed by atoms with Gasteiger partial charge in [0.25, 0.3) is 5.56 Å². The van der Waals surface area contributed by atoms with Crippen LogP contribution in [0.25, 0.3) is 16.0 Å². The number of aromatic nitrogens is 6. The summed E-state index contributed by atoms with van der Waals surface area (Å²) in [7, 11) is 1.68. The number of rotatable bonds is 5. The first-order chi connectivity index (χ1) is 12.9. The Kier molecular flexibility index (Phi) is 4.23. The van der Waals surface area contributed by atoms with Gasteiger partial charge in [0.2, 0.25) is 17.3 Å². The number of hydrogen-bond donors (Lipinski definition) is 0. The van der Waals surface area contributed by atoms with Crippen molar-refractivity contribution in [1.29, 1.82) is 0 Å². The number of aryl methyl sites for hydroxylation is 3. The maximum absolute atomic E-state index is 12.9. The highest BCUT2D eigenvalue weighted by Crippen LogP contribution is 2.34. The van der Waals surface area contributed by atoms with Crippen molar-refractivity contribution >= 4 is 44.9 Å². The summed E-state index contributed by atoms with van der Waals surface area (Å²) in [4.78, 5) is 28.4. The maximum Gasteiger partial charge on any atom is 0.396 e. The van der Waals surface area contributed by atoms with Crippen molar-refractivity contribution < 1.29 is 4.92 Å². The van der Waals surface area contributed by atoms with Gasteiger partial charge in [-0.1, -0.05) is 6.92 Å². The van der Waals surface area contributed by atoms with Gasteiger partial charge in [-0.05, 0) is 41.1 Å². The van der Waals surface area contributed by atoms with Crippen LogP contribution in [0.15, 0.2) is 27.4 Å². The molecular formula is C15H15N7O3S2. The lowest BCUT2D eigenvalue weighted by molar-refractivity contribution is -0.392. The summed E-state index contributed by atoms with van der Waals surface area (Å²) in [5.41, 5.74) is 0.620. The van der Waals surface area contributed by atoms with Crippen LogP contribution in [0.3, 0.4) is 0 Å². The van der Waals surface area contributed by atoms with Crippen molar-refractivity contribution in [2.45, 2.75) is 37.0 Å². The first-order valence-electron chi connectivity index (χ1n) is 8.14. The van der Waals surface area contributed by atoms with Crippen LogP contribution >= 0.6 is 23.1 Å². The van der Waals surface area contributed by atoms with Crippen molar-refractivity contribution in [2.24, 2.45) is 7.05 Å². The van der Waals surface area contributed by atoms with E-state index in [0.29, 0.717) is 32.7 Å². The Morgan fingerprint density at radius 2 is 2.15 bits per heavy atom. The molecule has 0 fully saturated rings. The lowest BCUT2D eigenvalue weighted by Gasteiger charge is -2.08. The van der Waals surface area contributed by atoms with Crippen LogP contribution in [-0.2, 0) is 13.6 Å². The zero-order valence-corrected chi connectivity index (χ0v) is 16.4. The van der Waals surface area contributed by atoms with Crippen LogP contribution in [0.5, 0.6) is 0 Å². The highest BCUT2D eigenvalue weighted by atomic mass is 32.2. The Morgan fingerprint density at radius 3 is 2.85 bits per heavy atom. The summed E-state index contributed by atoms with van der Waals surface area (Å²) in [6.45, 7) is 4.44. The third-order valence-electron chi connectivity index (χ3n) is 4.05. The number of nitro groups is 1. The van der Waals surface area contributed by atoms with Crippen molar-refractivity contribution in [1.82, 2.24) is 28.7 Å². The fourth-order valence-corrected chi connectivity index (χ4v) is 4.79. The van der Waals surface area contributed by atoms with E-state index in [2.05, 4.69) is 15.2 Å². The minimum absolute atomic E-state index is 0.0899. The van der Waals surface area contributed by atoms with E-state index in [0.717, 1.165) is 23.1 Å². The fraction of sp³-hybridized carbons (Fsp3) is 0.333. The van der Waals surface area contributed by atoms with Gasteiger partial charge in [0.15, 0.2) is 5.03 Å². The van der Waals surface area contributed by atoms with Gasteiger partial charge in [0.1, 0.15) is 4.70 Å². The average molecular weight is 405 g/mol. The molecule has 0 aliphatic rings. The predicted molar refractivity (Wildman–Crippen MR) is 102 cm³/mol. The highest BCUT2D eigenvalue weighted by molar-refractivity contribution is 7.99. The lowest BCUT2D eigenvalue weighted by atomic mass is 10.4. The summed E-state index contributed by atoms with van der Waals surface area (Å²) in [6, 6.07) is 1.91. The predicted octanol–water partition coefficient (Wildman–Crippen LogP) is 2.62. The molecule has 4 rings (SSSR count). The van der Waals surface area contributed by atoms with Crippen molar-refractivity contribution in [3.05, 3.63) is 37.7 Å². The fourth-order valence-electron chi connectivity index (χ4n) is 2.91. The van der Waals surface area contributed by atoms with E-state index in [-0.39, 0.29) is 11.4 Å². The second kappa shape index (κ2) is 6.46. The Labute approximate surface area is 160 Å². The molecule has 4 heterocycles. The van der Waals surface area contributed by atoms with E-state index < -0.39 is 4.92 Å². The summed E-state index contributed by atoms with van der Waals surface area (Å²) >= 11 is 2.53. The zero-order valence-electron chi connectivity index (χ0n) is 14.7. The molecule has 4 aromatic heterocycles. The number of fused-ring (bicyclic) bond motifs is 3. The molecule has 4 aromatic rings. The van der Waals surface area contributed by atoms with Gasteiger partial charge in [-0.2, -0.15) is 0 Å². The van der Waals surface area contributed by atoms with Crippen molar-refractivity contribution in [3.8, 4) is 0 Å². The van der Waals surface area contributed by atoms with Crippen LogP contribution in [0.2, 0.25) is 0 Å². The molecule has 0 N–H and O–H groups in total. The molecule has 10 nitrogen and oxygen atoms in total. The van der Waals surface area contributed by atoms with Gasteiger partial charge < -0.3 is 14.7 Å². The molecule has 0 spiro atoms. The first kappa shape index (κ1) is 17.7. The van der Waals surface area contributed by atoms with E-state index in [4.69, 9.17) is 0 Å². The molecule has 0 aliphatic heterocycles. The number of nitrogens with zero attached hydrogens (tertiary/aromatic N) is 7. The third kappa shape index (κ3) is 2.72. The Bertz CT molecular complexity index is 1250. The molecule has 0 aromatic carbocycles. The van der Waals surface area contributed by atoms with E-state index in [9.17, 15) is 14.9 Å². The molecule has 0 atom stereocenters. The van der Waals surface area contributed by atoms with Gasteiger partial charge in [0.05, 0.1) is 5.52 Å². The van der Waals surface area contributed by atoms with Crippen molar-refractivity contribution in [2.75, 3.05) is 0 Å². The SMILES string of the molecule is CCCn1c(=O)c2sc(C)cc2n2c(Sc3c([N+](=O)[O-])ncn3C)nnc12. The molecule has 12 heteroatoms. The average Bonchev–Trinajstić information content (AvgIpc) is 3.30. The monoisotopic (exact) mass is 405 g/mol. The smallest absolute Gasteiger partial charge is 0.358 e. The second-order valence-corrected chi connectivity index (χ2v) is 8.20. The molecule has 0 unspecified atom stereocenters. The molecule has 0 aliphatic carbocycles. The first-order valence-corrected chi connectivity index (χ1v) is 9.77. The summed E-state index contributed by atoms with van der Waals surface area (Å²) in [5.74, 6) is 0.193.